The molecule has 1 saturated carbocycles. The number of aromatic hydroxyl groups is 1. The summed E-state index contributed by atoms with van der Waals surface area (Å²) in [6.07, 6.45) is 5.87. The number of phenolic OH excluding ortho intramolecular Hbond substituents is 1. The SMILES string of the molecule is COc1cc([C@@H]2C3=C(C[C@H](c4ccccc4)CC3=O)N=C(C)C2C(=O)OC2CCCCC2)cc(Br)c1O. The van der Waals surface area contributed by atoms with Crippen molar-refractivity contribution >= 4 is 33.4 Å². The third-order valence-corrected chi connectivity index (χ3v) is 8.48. The van der Waals surface area contributed by atoms with E-state index in [-0.39, 0.29) is 35.3 Å². The zero-order valence-corrected chi connectivity index (χ0v) is 22.8. The highest BCUT2D eigenvalue weighted by molar-refractivity contribution is 9.10. The summed E-state index contributed by atoms with van der Waals surface area (Å²) in [5, 5.41) is 10.4. The van der Waals surface area contributed by atoms with Crippen LogP contribution in [0.5, 0.6) is 11.5 Å². The van der Waals surface area contributed by atoms with Gasteiger partial charge in [0.05, 0.1) is 11.6 Å². The van der Waals surface area contributed by atoms with Crippen molar-refractivity contribution < 1.29 is 24.2 Å². The number of rotatable bonds is 5. The lowest BCUT2D eigenvalue weighted by Crippen LogP contribution is -2.39. The largest absolute Gasteiger partial charge is 0.503 e. The molecule has 2 aromatic carbocycles. The number of phenols is 1. The summed E-state index contributed by atoms with van der Waals surface area (Å²) in [5.74, 6) is -1.35. The minimum atomic E-state index is -0.723. The van der Waals surface area contributed by atoms with Crippen LogP contribution in [0, 0.1) is 5.92 Å². The summed E-state index contributed by atoms with van der Waals surface area (Å²) in [4.78, 5) is 32.4. The van der Waals surface area contributed by atoms with Crippen LogP contribution in [0.15, 0.2) is 63.2 Å². The van der Waals surface area contributed by atoms with Gasteiger partial charge in [0, 0.05) is 29.3 Å². The third kappa shape index (κ3) is 5.11. The van der Waals surface area contributed by atoms with Crippen molar-refractivity contribution in [1.82, 2.24) is 0 Å². The molecule has 3 atom stereocenters. The number of nitrogens with zero attached hydrogens (tertiary/aromatic N) is 1. The molecule has 6 nitrogen and oxygen atoms in total. The fourth-order valence-electron chi connectivity index (χ4n) is 6.04. The van der Waals surface area contributed by atoms with Crippen molar-refractivity contribution in [3.05, 3.63) is 69.3 Å². The lowest BCUT2D eigenvalue weighted by molar-refractivity contribution is -0.153. The number of ether oxygens (including phenoxy) is 2. The van der Waals surface area contributed by atoms with Gasteiger partial charge in [0.25, 0.3) is 0 Å². The molecule has 37 heavy (non-hydrogen) atoms. The van der Waals surface area contributed by atoms with Gasteiger partial charge < -0.3 is 14.6 Å². The maximum Gasteiger partial charge on any atom is 0.315 e. The van der Waals surface area contributed by atoms with E-state index in [0.717, 1.165) is 43.4 Å². The Morgan fingerprint density at radius 2 is 1.78 bits per heavy atom. The first-order valence-electron chi connectivity index (χ1n) is 13.0. The molecule has 3 aliphatic rings. The predicted molar refractivity (Wildman–Crippen MR) is 145 cm³/mol. The van der Waals surface area contributed by atoms with Gasteiger partial charge in [0.15, 0.2) is 17.3 Å². The third-order valence-electron chi connectivity index (χ3n) is 7.88. The number of Topliss-reactive ketones (excluding diaryl/α,β-unsaturated/α-hetero) is 1. The smallest absolute Gasteiger partial charge is 0.315 e. The van der Waals surface area contributed by atoms with Crippen LogP contribution in [-0.2, 0) is 14.3 Å². The number of aliphatic imine (C=N–C) groups is 1. The molecule has 2 aromatic rings. The highest BCUT2D eigenvalue weighted by atomic mass is 79.9. The molecule has 0 spiro atoms. The zero-order valence-electron chi connectivity index (χ0n) is 21.2. The maximum atomic E-state index is 13.8. The van der Waals surface area contributed by atoms with E-state index in [1.807, 2.05) is 37.3 Å². The molecule has 0 amide bonds. The topological polar surface area (TPSA) is 85.2 Å². The second-order valence-electron chi connectivity index (χ2n) is 10.3. The Hall–Kier alpha value is -2.93. The number of halogens is 1. The predicted octanol–water partition coefficient (Wildman–Crippen LogP) is 6.61. The number of hydrogen-bond donors (Lipinski definition) is 1. The minimum Gasteiger partial charge on any atom is -0.503 e. The molecular weight excluding hydrogens is 534 g/mol. The number of esters is 1. The van der Waals surface area contributed by atoms with E-state index in [2.05, 4.69) is 15.9 Å². The highest BCUT2D eigenvalue weighted by Crippen LogP contribution is 2.49. The van der Waals surface area contributed by atoms with Crippen molar-refractivity contribution in [2.24, 2.45) is 10.9 Å². The molecule has 5 rings (SSSR count). The van der Waals surface area contributed by atoms with Crippen LogP contribution in [0.3, 0.4) is 0 Å². The number of carbonyl (C=O) groups is 2. The van der Waals surface area contributed by atoms with E-state index in [9.17, 15) is 14.7 Å². The summed E-state index contributed by atoms with van der Waals surface area (Å²) >= 11 is 3.42. The fourth-order valence-corrected chi connectivity index (χ4v) is 6.50. The number of benzene rings is 2. The van der Waals surface area contributed by atoms with Crippen molar-refractivity contribution in [2.45, 2.75) is 69.8 Å². The first kappa shape index (κ1) is 25.7. The molecule has 0 saturated heterocycles. The Balaban J connectivity index is 1.58. The highest BCUT2D eigenvalue weighted by Gasteiger charge is 2.45. The van der Waals surface area contributed by atoms with Gasteiger partial charge in [-0.15, -0.1) is 0 Å². The summed E-state index contributed by atoms with van der Waals surface area (Å²) in [6.45, 7) is 1.85. The Bertz CT molecular complexity index is 1260. The molecule has 0 bridgehead atoms. The normalized spacial score (nSPS) is 24.4. The number of carbonyl (C=O) groups excluding carboxylic acids is 2. The van der Waals surface area contributed by atoms with Gasteiger partial charge in [-0.1, -0.05) is 36.8 Å². The minimum absolute atomic E-state index is 0.00464. The van der Waals surface area contributed by atoms with E-state index in [0.29, 0.717) is 34.2 Å². The molecule has 0 aromatic heterocycles. The first-order chi connectivity index (χ1) is 17.9. The monoisotopic (exact) mass is 565 g/mol. The fraction of sp³-hybridized carbons (Fsp3) is 0.433. The van der Waals surface area contributed by atoms with Crippen LogP contribution in [0.2, 0.25) is 0 Å². The Morgan fingerprint density at radius 3 is 2.49 bits per heavy atom. The molecular formula is C30H32BrNO5. The lowest BCUT2D eigenvalue weighted by Gasteiger charge is -2.37. The number of allylic oxidation sites excluding steroid dienone is 2. The number of ketones is 1. The summed E-state index contributed by atoms with van der Waals surface area (Å²) in [6, 6.07) is 13.5. The van der Waals surface area contributed by atoms with E-state index in [1.54, 1.807) is 12.1 Å². The second kappa shape index (κ2) is 10.8. The van der Waals surface area contributed by atoms with E-state index in [4.69, 9.17) is 14.5 Å². The van der Waals surface area contributed by atoms with Crippen LogP contribution in [-0.4, -0.2) is 35.8 Å². The van der Waals surface area contributed by atoms with E-state index < -0.39 is 11.8 Å². The Kier molecular flexibility index (Phi) is 7.52. The average Bonchev–Trinajstić information content (AvgIpc) is 2.90. The standard InChI is InChI=1S/C30H32BrNO5/c1-17-26(30(35)37-21-11-7-4-8-12-21)27(20-13-22(31)29(34)25(16-20)36-2)28-23(32-17)14-19(15-24(28)33)18-9-5-3-6-10-18/h3,5-6,9-10,13,16,19,21,26-27,34H,4,7-8,11-12,14-15H2,1-2H3/t19-,26?,27-/m0/s1. The molecule has 1 N–H and O–H groups in total. The summed E-state index contributed by atoms with van der Waals surface area (Å²) in [5.41, 5.74) is 3.77. The Labute approximate surface area is 225 Å². The van der Waals surface area contributed by atoms with Gasteiger partial charge in [-0.2, -0.15) is 0 Å². The van der Waals surface area contributed by atoms with E-state index in [1.165, 1.54) is 7.11 Å². The van der Waals surface area contributed by atoms with Crippen molar-refractivity contribution in [1.29, 1.82) is 0 Å². The summed E-state index contributed by atoms with van der Waals surface area (Å²) < 4.78 is 11.9. The number of methoxy groups -OCH3 is 1. The zero-order chi connectivity index (χ0) is 26.1. The molecule has 1 unspecified atom stereocenters. The van der Waals surface area contributed by atoms with Gasteiger partial charge in [0.1, 0.15) is 12.0 Å². The quantitative estimate of drug-likeness (QED) is 0.412. The van der Waals surface area contributed by atoms with Gasteiger partial charge in [-0.05, 0) is 84.1 Å². The van der Waals surface area contributed by atoms with Crippen LogP contribution in [0.1, 0.15) is 74.8 Å². The van der Waals surface area contributed by atoms with Gasteiger partial charge in [0.2, 0.25) is 0 Å². The first-order valence-corrected chi connectivity index (χ1v) is 13.8. The van der Waals surface area contributed by atoms with Crippen LogP contribution in [0.4, 0.5) is 0 Å². The lowest BCUT2D eigenvalue weighted by atomic mass is 9.69. The van der Waals surface area contributed by atoms with Crippen molar-refractivity contribution in [2.75, 3.05) is 7.11 Å². The van der Waals surface area contributed by atoms with Gasteiger partial charge in [-0.3, -0.25) is 14.6 Å². The molecule has 194 valence electrons. The number of hydrogen-bond acceptors (Lipinski definition) is 6. The van der Waals surface area contributed by atoms with E-state index >= 15 is 0 Å². The molecule has 1 fully saturated rings. The maximum absolute atomic E-state index is 13.8. The van der Waals surface area contributed by atoms with Crippen molar-refractivity contribution in [3.8, 4) is 11.5 Å². The Morgan fingerprint density at radius 1 is 1.05 bits per heavy atom. The summed E-state index contributed by atoms with van der Waals surface area (Å²) in [7, 11) is 1.48. The average molecular weight is 566 g/mol. The second-order valence-corrected chi connectivity index (χ2v) is 11.1. The van der Waals surface area contributed by atoms with Gasteiger partial charge in [-0.25, -0.2) is 0 Å². The van der Waals surface area contributed by atoms with Crippen LogP contribution < -0.4 is 4.74 Å². The molecule has 1 aliphatic heterocycles. The van der Waals surface area contributed by atoms with Crippen LogP contribution in [0.25, 0.3) is 0 Å². The molecule has 7 heteroatoms. The van der Waals surface area contributed by atoms with Crippen LogP contribution >= 0.6 is 15.9 Å². The van der Waals surface area contributed by atoms with Gasteiger partial charge >= 0.3 is 5.97 Å². The molecule has 0 radical (unpaired) electrons. The molecule has 2 aliphatic carbocycles. The van der Waals surface area contributed by atoms with Crippen molar-refractivity contribution in [3.63, 3.8) is 0 Å². The molecule has 1 heterocycles.